The van der Waals surface area contributed by atoms with E-state index in [1.165, 1.54) is 0 Å². The van der Waals surface area contributed by atoms with E-state index in [9.17, 15) is 4.79 Å². The van der Waals surface area contributed by atoms with Gasteiger partial charge in [-0.05, 0) is 25.0 Å². The molecule has 0 atom stereocenters. The summed E-state index contributed by atoms with van der Waals surface area (Å²) in [6.07, 6.45) is 7.05. The van der Waals surface area contributed by atoms with E-state index in [1.54, 1.807) is 18.6 Å². The first kappa shape index (κ1) is 14.6. The van der Waals surface area contributed by atoms with Crippen LogP contribution in [-0.4, -0.2) is 38.8 Å². The van der Waals surface area contributed by atoms with Gasteiger partial charge in [0.1, 0.15) is 0 Å². The summed E-state index contributed by atoms with van der Waals surface area (Å²) in [4.78, 5) is 27.1. The molecule has 0 bridgehead atoms. The van der Waals surface area contributed by atoms with Crippen molar-refractivity contribution in [2.45, 2.75) is 12.8 Å². The average molecular weight is 319 g/mol. The smallest absolute Gasteiger partial charge is 0.256 e. The molecule has 120 valence electrons. The van der Waals surface area contributed by atoms with Crippen molar-refractivity contribution >= 4 is 28.4 Å². The molecule has 4 rings (SSSR count). The number of para-hydroxylation sites is 1. The first-order valence-corrected chi connectivity index (χ1v) is 8.03. The molecule has 1 N–H and O–H groups in total. The minimum atomic E-state index is 0.00544. The molecule has 1 saturated heterocycles. The number of nitrogens with zero attached hydrogens (tertiary/aromatic N) is 4. The molecule has 3 aromatic rings. The van der Waals surface area contributed by atoms with Crippen LogP contribution in [0.1, 0.15) is 23.2 Å². The van der Waals surface area contributed by atoms with E-state index in [1.807, 2.05) is 35.2 Å². The highest BCUT2D eigenvalue weighted by Crippen LogP contribution is 2.23. The fourth-order valence-electron chi connectivity index (χ4n) is 2.93. The largest absolute Gasteiger partial charge is 0.339 e. The Hall–Kier alpha value is -3.02. The number of rotatable bonds is 3. The van der Waals surface area contributed by atoms with E-state index in [0.29, 0.717) is 11.5 Å². The molecule has 0 radical (unpaired) electrons. The maximum Gasteiger partial charge on any atom is 0.256 e. The number of pyridine rings is 1. The topological polar surface area (TPSA) is 71.0 Å². The molecule has 6 heteroatoms. The second-order valence-electron chi connectivity index (χ2n) is 5.80. The number of hydrogen-bond donors (Lipinski definition) is 1. The highest BCUT2D eigenvalue weighted by Gasteiger charge is 2.20. The lowest BCUT2D eigenvalue weighted by atomic mass is 10.2. The Bertz CT molecular complexity index is 867. The van der Waals surface area contributed by atoms with E-state index in [-0.39, 0.29) is 5.91 Å². The van der Waals surface area contributed by atoms with Gasteiger partial charge in [0.25, 0.3) is 5.91 Å². The summed E-state index contributed by atoms with van der Waals surface area (Å²) in [7, 11) is 0. The molecule has 1 aliphatic heterocycles. The summed E-state index contributed by atoms with van der Waals surface area (Å²) in [6, 6.07) is 9.80. The van der Waals surface area contributed by atoms with Gasteiger partial charge in [-0.15, -0.1) is 0 Å². The lowest BCUT2D eigenvalue weighted by Gasteiger charge is -2.14. The fourth-order valence-corrected chi connectivity index (χ4v) is 2.93. The second kappa shape index (κ2) is 6.23. The zero-order valence-corrected chi connectivity index (χ0v) is 13.1. The number of nitrogens with one attached hydrogen (secondary N) is 1. The summed E-state index contributed by atoms with van der Waals surface area (Å²) in [5.74, 6) is 0.456. The maximum absolute atomic E-state index is 12.3. The number of carbonyl (C=O) groups excluding carboxylic acids is 1. The molecule has 24 heavy (non-hydrogen) atoms. The lowest BCUT2D eigenvalue weighted by Crippen LogP contribution is -2.27. The van der Waals surface area contributed by atoms with Gasteiger partial charge in [-0.1, -0.05) is 18.2 Å². The van der Waals surface area contributed by atoms with Gasteiger partial charge in [-0.3, -0.25) is 9.78 Å². The summed E-state index contributed by atoms with van der Waals surface area (Å²) >= 11 is 0. The molecule has 0 aliphatic carbocycles. The van der Waals surface area contributed by atoms with Crippen LogP contribution in [0.4, 0.5) is 11.6 Å². The molecule has 0 spiro atoms. The van der Waals surface area contributed by atoms with E-state index >= 15 is 0 Å². The molecule has 3 heterocycles. The van der Waals surface area contributed by atoms with Crippen LogP contribution in [-0.2, 0) is 0 Å². The Morgan fingerprint density at radius 1 is 1.00 bits per heavy atom. The minimum Gasteiger partial charge on any atom is -0.339 e. The number of amides is 1. The highest BCUT2D eigenvalue weighted by molar-refractivity contribution is 5.94. The first-order chi connectivity index (χ1) is 11.8. The van der Waals surface area contributed by atoms with Crippen molar-refractivity contribution < 1.29 is 4.79 Å². The van der Waals surface area contributed by atoms with Gasteiger partial charge in [0.2, 0.25) is 5.95 Å². The van der Waals surface area contributed by atoms with Crippen molar-refractivity contribution in [2.24, 2.45) is 0 Å². The summed E-state index contributed by atoms with van der Waals surface area (Å²) < 4.78 is 0. The normalized spacial score (nSPS) is 14.1. The number of carbonyl (C=O) groups is 1. The predicted molar refractivity (Wildman–Crippen MR) is 92.2 cm³/mol. The van der Waals surface area contributed by atoms with Crippen LogP contribution in [0.5, 0.6) is 0 Å². The summed E-state index contributed by atoms with van der Waals surface area (Å²) in [6.45, 7) is 1.64. The lowest BCUT2D eigenvalue weighted by molar-refractivity contribution is 0.0792. The van der Waals surface area contributed by atoms with Gasteiger partial charge >= 0.3 is 0 Å². The van der Waals surface area contributed by atoms with Crippen LogP contribution < -0.4 is 5.32 Å². The number of hydrogen-bond acceptors (Lipinski definition) is 5. The zero-order valence-electron chi connectivity index (χ0n) is 13.1. The minimum absolute atomic E-state index is 0.00544. The third-order valence-electron chi connectivity index (χ3n) is 4.17. The Labute approximate surface area is 139 Å². The van der Waals surface area contributed by atoms with Gasteiger partial charge in [0, 0.05) is 37.1 Å². The predicted octanol–water partition coefficient (Wildman–Crippen LogP) is 3.00. The van der Waals surface area contributed by atoms with Crippen LogP contribution >= 0.6 is 0 Å². The van der Waals surface area contributed by atoms with Crippen molar-refractivity contribution in [1.29, 1.82) is 0 Å². The van der Waals surface area contributed by atoms with Crippen molar-refractivity contribution in [2.75, 3.05) is 18.4 Å². The van der Waals surface area contributed by atoms with Crippen molar-refractivity contribution in [1.82, 2.24) is 19.9 Å². The van der Waals surface area contributed by atoms with Gasteiger partial charge in [0.15, 0.2) is 0 Å². The highest BCUT2D eigenvalue weighted by atomic mass is 16.2. The third-order valence-corrected chi connectivity index (χ3v) is 4.17. The number of likely N-dealkylation sites (tertiary alicyclic amines) is 1. The first-order valence-electron chi connectivity index (χ1n) is 8.03. The van der Waals surface area contributed by atoms with E-state index in [4.69, 9.17) is 0 Å². The maximum atomic E-state index is 12.3. The Balaban J connectivity index is 1.55. The quantitative estimate of drug-likeness (QED) is 0.803. The second-order valence-corrected chi connectivity index (χ2v) is 5.80. The Kier molecular flexibility index (Phi) is 3.78. The van der Waals surface area contributed by atoms with Crippen LogP contribution in [0.2, 0.25) is 0 Å². The summed E-state index contributed by atoms with van der Waals surface area (Å²) in [5, 5.41) is 4.22. The van der Waals surface area contributed by atoms with Crippen molar-refractivity contribution in [3.05, 3.63) is 54.5 Å². The molecule has 1 amide bonds. The number of anilines is 2. The van der Waals surface area contributed by atoms with Crippen LogP contribution in [0, 0.1) is 0 Å². The van der Waals surface area contributed by atoms with E-state index in [0.717, 1.165) is 42.5 Å². The molecule has 0 saturated carbocycles. The zero-order chi connectivity index (χ0) is 16.4. The molecule has 6 nitrogen and oxygen atoms in total. The average Bonchev–Trinajstić information content (AvgIpc) is 3.17. The molecule has 0 unspecified atom stereocenters. The summed E-state index contributed by atoms with van der Waals surface area (Å²) in [5.41, 5.74) is 2.23. The number of benzene rings is 1. The number of aromatic nitrogens is 3. The molecule has 2 aromatic heterocycles. The molecule has 1 aromatic carbocycles. The monoisotopic (exact) mass is 319 g/mol. The van der Waals surface area contributed by atoms with E-state index in [2.05, 4.69) is 20.3 Å². The van der Waals surface area contributed by atoms with Crippen molar-refractivity contribution in [3.63, 3.8) is 0 Å². The third kappa shape index (κ3) is 2.78. The van der Waals surface area contributed by atoms with Gasteiger partial charge in [-0.25, -0.2) is 9.97 Å². The molecule has 1 fully saturated rings. The molecule has 1 aliphatic rings. The van der Waals surface area contributed by atoms with Gasteiger partial charge in [-0.2, -0.15) is 0 Å². The molecular formula is C18H17N5O. The molecular weight excluding hydrogens is 302 g/mol. The standard InChI is InChI=1S/C18H17N5O/c24-17(23-9-1-2-10-23)14-11-20-18(21-12-14)22-15-7-3-5-13-6-4-8-19-16(13)15/h3-8,11-12H,1-2,9-10H2,(H,20,21,22). The Morgan fingerprint density at radius 3 is 2.54 bits per heavy atom. The van der Waals surface area contributed by atoms with Gasteiger partial charge in [0.05, 0.1) is 16.8 Å². The fraction of sp³-hybridized carbons (Fsp3) is 0.222. The van der Waals surface area contributed by atoms with Crippen LogP contribution in [0.25, 0.3) is 10.9 Å². The SMILES string of the molecule is O=C(c1cnc(Nc2cccc3cccnc23)nc1)N1CCCC1. The van der Waals surface area contributed by atoms with Crippen molar-refractivity contribution in [3.8, 4) is 0 Å². The van der Waals surface area contributed by atoms with E-state index < -0.39 is 0 Å². The van der Waals surface area contributed by atoms with Gasteiger partial charge < -0.3 is 10.2 Å². The Morgan fingerprint density at radius 2 is 1.75 bits per heavy atom. The van der Waals surface area contributed by atoms with Crippen LogP contribution in [0.3, 0.4) is 0 Å². The van der Waals surface area contributed by atoms with Crippen LogP contribution in [0.15, 0.2) is 48.9 Å². The number of fused-ring (bicyclic) bond motifs is 1.